The summed E-state index contributed by atoms with van der Waals surface area (Å²) in [7, 11) is 0. The summed E-state index contributed by atoms with van der Waals surface area (Å²) in [5.74, 6) is -0.946. The van der Waals surface area contributed by atoms with Gasteiger partial charge in [-0.25, -0.2) is 4.79 Å². The summed E-state index contributed by atoms with van der Waals surface area (Å²) in [6, 6.07) is 7.99. The molecule has 0 aliphatic rings. The first kappa shape index (κ1) is 15.3. The Kier molecular flexibility index (Phi) is 4.16. The lowest BCUT2D eigenvalue weighted by atomic mass is 10.0. The molecule has 0 aliphatic heterocycles. The van der Waals surface area contributed by atoms with Crippen LogP contribution < -0.4 is 0 Å². The minimum absolute atomic E-state index is 0.244. The molecular weight excluding hydrogens is 264 g/mol. The van der Waals surface area contributed by atoms with E-state index in [0.717, 1.165) is 18.4 Å². The summed E-state index contributed by atoms with van der Waals surface area (Å²) in [5, 5.41) is 13.9. The van der Waals surface area contributed by atoms with Crippen LogP contribution in [0.2, 0.25) is 0 Å². The summed E-state index contributed by atoms with van der Waals surface area (Å²) in [5.41, 5.74) is 2.63. The lowest BCUT2D eigenvalue weighted by Gasteiger charge is -2.18. The molecule has 0 bridgehead atoms. The van der Waals surface area contributed by atoms with E-state index in [2.05, 4.69) is 12.0 Å². The molecular formula is C17H22N2O2. The van der Waals surface area contributed by atoms with Crippen molar-refractivity contribution in [1.82, 2.24) is 9.78 Å². The Balaban J connectivity index is 2.46. The standard InChI is InChI=1S/C17H22N2O2/c1-5-6-12-7-9-13(10-8-12)15-14(16(20)21)11-19(18-15)17(2,3)4/h7-11H,5-6H2,1-4H3,(H,20,21). The normalized spacial score (nSPS) is 11.6. The van der Waals surface area contributed by atoms with E-state index in [-0.39, 0.29) is 11.1 Å². The molecule has 112 valence electrons. The minimum Gasteiger partial charge on any atom is -0.478 e. The van der Waals surface area contributed by atoms with Gasteiger partial charge in [-0.05, 0) is 32.8 Å². The first-order chi connectivity index (χ1) is 9.82. The van der Waals surface area contributed by atoms with Crippen LogP contribution in [-0.4, -0.2) is 20.9 Å². The molecule has 4 nitrogen and oxygen atoms in total. The lowest BCUT2D eigenvalue weighted by molar-refractivity contribution is 0.0697. The molecule has 1 heterocycles. The molecule has 0 saturated heterocycles. The van der Waals surface area contributed by atoms with Crippen molar-refractivity contribution in [1.29, 1.82) is 0 Å². The third-order valence-electron chi connectivity index (χ3n) is 3.40. The molecule has 21 heavy (non-hydrogen) atoms. The molecule has 1 N–H and O–H groups in total. The van der Waals surface area contributed by atoms with E-state index < -0.39 is 5.97 Å². The Morgan fingerprint density at radius 3 is 2.33 bits per heavy atom. The average Bonchev–Trinajstić information content (AvgIpc) is 2.85. The molecule has 0 spiro atoms. The van der Waals surface area contributed by atoms with Crippen LogP contribution in [0, 0.1) is 0 Å². The highest BCUT2D eigenvalue weighted by Gasteiger charge is 2.22. The van der Waals surface area contributed by atoms with Crippen LogP contribution in [0.25, 0.3) is 11.3 Å². The van der Waals surface area contributed by atoms with Crippen molar-refractivity contribution >= 4 is 5.97 Å². The van der Waals surface area contributed by atoms with E-state index in [4.69, 9.17) is 0 Å². The molecule has 0 radical (unpaired) electrons. The Labute approximate surface area is 125 Å². The topological polar surface area (TPSA) is 55.1 Å². The molecule has 1 aromatic heterocycles. The molecule has 0 amide bonds. The van der Waals surface area contributed by atoms with Gasteiger partial charge >= 0.3 is 5.97 Å². The largest absolute Gasteiger partial charge is 0.478 e. The minimum atomic E-state index is -0.946. The van der Waals surface area contributed by atoms with Gasteiger partial charge in [0.2, 0.25) is 0 Å². The summed E-state index contributed by atoms with van der Waals surface area (Å²) >= 11 is 0. The molecule has 0 fully saturated rings. The monoisotopic (exact) mass is 286 g/mol. The van der Waals surface area contributed by atoms with Crippen LogP contribution in [0.4, 0.5) is 0 Å². The Morgan fingerprint density at radius 1 is 1.24 bits per heavy atom. The molecule has 0 aliphatic carbocycles. The van der Waals surface area contributed by atoms with Crippen molar-refractivity contribution in [3.05, 3.63) is 41.6 Å². The number of aryl methyl sites for hydroxylation is 1. The van der Waals surface area contributed by atoms with E-state index in [1.807, 2.05) is 45.0 Å². The van der Waals surface area contributed by atoms with Gasteiger partial charge in [-0.15, -0.1) is 0 Å². The number of hydrogen-bond donors (Lipinski definition) is 1. The number of carbonyl (C=O) groups is 1. The second-order valence-electron chi connectivity index (χ2n) is 6.26. The lowest BCUT2D eigenvalue weighted by Crippen LogP contribution is -2.22. The van der Waals surface area contributed by atoms with Crippen LogP contribution in [0.1, 0.15) is 50.0 Å². The van der Waals surface area contributed by atoms with Crippen molar-refractivity contribution < 1.29 is 9.90 Å². The van der Waals surface area contributed by atoms with Crippen LogP contribution in [0.5, 0.6) is 0 Å². The summed E-state index contributed by atoms with van der Waals surface area (Å²) in [4.78, 5) is 11.5. The summed E-state index contributed by atoms with van der Waals surface area (Å²) in [6.45, 7) is 8.14. The van der Waals surface area contributed by atoms with Crippen molar-refractivity contribution in [2.24, 2.45) is 0 Å². The van der Waals surface area contributed by atoms with Gasteiger partial charge < -0.3 is 5.11 Å². The molecule has 0 atom stereocenters. The fourth-order valence-electron chi connectivity index (χ4n) is 2.21. The van der Waals surface area contributed by atoms with E-state index >= 15 is 0 Å². The van der Waals surface area contributed by atoms with Crippen molar-refractivity contribution in [3.8, 4) is 11.3 Å². The maximum atomic E-state index is 11.5. The van der Waals surface area contributed by atoms with Gasteiger partial charge in [0.05, 0.1) is 5.54 Å². The van der Waals surface area contributed by atoms with Crippen molar-refractivity contribution in [3.63, 3.8) is 0 Å². The number of hydrogen-bond acceptors (Lipinski definition) is 2. The molecule has 2 aromatic rings. The van der Waals surface area contributed by atoms with Crippen LogP contribution in [-0.2, 0) is 12.0 Å². The Hall–Kier alpha value is -2.10. The summed E-state index contributed by atoms with van der Waals surface area (Å²) < 4.78 is 1.71. The van der Waals surface area contributed by atoms with Gasteiger partial charge in [-0.2, -0.15) is 5.10 Å². The number of aromatic nitrogens is 2. The third-order valence-corrected chi connectivity index (χ3v) is 3.40. The molecule has 1 aromatic carbocycles. The maximum Gasteiger partial charge on any atom is 0.339 e. The highest BCUT2D eigenvalue weighted by atomic mass is 16.4. The fraction of sp³-hybridized carbons (Fsp3) is 0.412. The Bertz CT molecular complexity index is 634. The zero-order valence-electron chi connectivity index (χ0n) is 13.1. The number of benzene rings is 1. The number of carboxylic acid groups (broad SMARTS) is 1. The van der Waals surface area contributed by atoms with Crippen molar-refractivity contribution in [2.75, 3.05) is 0 Å². The number of rotatable bonds is 4. The smallest absolute Gasteiger partial charge is 0.339 e. The SMILES string of the molecule is CCCc1ccc(-c2nn(C(C)(C)C)cc2C(=O)O)cc1. The number of carboxylic acids is 1. The molecule has 4 heteroatoms. The molecule has 0 unspecified atom stereocenters. The van der Waals surface area contributed by atoms with E-state index in [9.17, 15) is 9.90 Å². The van der Waals surface area contributed by atoms with Crippen LogP contribution in [0.15, 0.2) is 30.5 Å². The quantitative estimate of drug-likeness (QED) is 0.925. The van der Waals surface area contributed by atoms with Gasteiger partial charge in [-0.3, -0.25) is 4.68 Å². The molecule has 0 saturated carbocycles. The van der Waals surface area contributed by atoms with Gasteiger partial charge in [0.15, 0.2) is 0 Å². The van der Waals surface area contributed by atoms with Gasteiger partial charge in [0, 0.05) is 11.8 Å². The Morgan fingerprint density at radius 2 is 1.86 bits per heavy atom. The second kappa shape index (κ2) is 5.72. The van der Waals surface area contributed by atoms with Gasteiger partial charge in [-0.1, -0.05) is 37.6 Å². The first-order valence-corrected chi connectivity index (χ1v) is 7.25. The average molecular weight is 286 g/mol. The maximum absolute atomic E-state index is 11.5. The summed E-state index contributed by atoms with van der Waals surface area (Å²) in [6.07, 6.45) is 3.73. The van der Waals surface area contributed by atoms with E-state index in [1.165, 1.54) is 5.56 Å². The van der Waals surface area contributed by atoms with Crippen molar-refractivity contribution in [2.45, 2.75) is 46.1 Å². The predicted molar refractivity (Wildman–Crippen MR) is 83.6 cm³/mol. The van der Waals surface area contributed by atoms with Crippen LogP contribution >= 0.6 is 0 Å². The van der Waals surface area contributed by atoms with Gasteiger partial charge in [0.25, 0.3) is 0 Å². The highest BCUT2D eigenvalue weighted by Crippen LogP contribution is 2.25. The number of nitrogens with zero attached hydrogens (tertiary/aromatic N) is 2. The van der Waals surface area contributed by atoms with Gasteiger partial charge in [0.1, 0.15) is 11.3 Å². The van der Waals surface area contributed by atoms with Crippen LogP contribution in [0.3, 0.4) is 0 Å². The zero-order chi connectivity index (χ0) is 15.6. The number of aromatic carboxylic acids is 1. The predicted octanol–water partition coefficient (Wildman–Crippen LogP) is 3.96. The van der Waals surface area contributed by atoms with E-state index in [1.54, 1.807) is 10.9 Å². The fourth-order valence-corrected chi connectivity index (χ4v) is 2.21. The zero-order valence-corrected chi connectivity index (χ0v) is 13.1. The molecule has 2 rings (SSSR count). The van der Waals surface area contributed by atoms with E-state index in [0.29, 0.717) is 5.69 Å². The third kappa shape index (κ3) is 3.32. The second-order valence-corrected chi connectivity index (χ2v) is 6.26. The highest BCUT2D eigenvalue weighted by molar-refractivity contribution is 5.94. The first-order valence-electron chi connectivity index (χ1n) is 7.25.